The summed E-state index contributed by atoms with van der Waals surface area (Å²) in [5, 5.41) is 2.65. The summed E-state index contributed by atoms with van der Waals surface area (Å²) in [5.41, 5.74) is 0.0581. The number of nitrogens with one attached hydrogen (secondary N) is 1. The van der Waals surface area contributed by atoms with Gasteiger partial charge < -0.3 is 5.32 Å². The highest BCUT2D eigenvalue weighted by molar-refractivity contribution is 6.29. The van der Waals surface area contributed by atoms with E-state index in [4.69, 9.17) is 11.6 Å². The maximum atomic E-state index is 13.1. The van der Waals surface area contributed by atoms with E-state index in [1.165, 1.54) is 6.20 Å². The second-order valence-electron chi connectivity index (χ2n) is 4.36. The lowest BCUT2D eigenvalue weighted by Crippen LogP contribution is -2.50. The van der Waals surface area contributed by atoms with Crippen molar-refractivity contribution < 1.29 is 9.18 Å². The lowest BCUT2D eigenvalue weighted by Gasteiger charge is -2.39. The fourth-order valence-electron chi connectivity index (χ4n) is 1.72. The smallest absolute Gasteiger partial charge is 0.253 e. The van der Waals surface area contributed by atoms with Crippen LogP contribution in [0, 0.1) is 5.82 Å². The molecule has 1 saturated carbocycles. The Labute approximate surface area is 98.0 Å². The minimum absolute atomic E-state index is 0.146. The number of aromatic nitrogens is 1. The predicted octanol–water partition coefficient (Wildman–Crippen LogP) is 2.55. The van der Waals surface area contributed by atoms with Crippen molar-refractivity contribution in [3.05, 3.63) is 28.8 Å². The van der Waals surface area contributed by atoms with Gasteiger partial charge in [0.05, 0.1) is 5.56 Å². The quantitative estimate of drug-likeness (QED) is 0.810. The molecule has 2 rings (SSSR count). The molecule has 0 aliphatic heterocycles. The van der Waals surface area contributed by atoms with Gasteiger partial charge in [0, 0.05) is 11.7 Å². The van der Waals surface area contributed by atoms with E-state index >= 15 is 0 Å². The largest absolute Gasteiger partial charge is 0.347 e. The molecule has 0 aromatic carbocycles. The molecule has 3 nitrogen and oxygen atoms in total. The second-order valence-corrected chi connectivity index (χ2v) is 4.72. The Kier molecular flexibility index (Phi) is 2.84. The van der Waals surface area contributed by atoms with Crippen LogP contribution in [-0.2, 0) is 0 Å². The van der Waals surface area contributed by atoms with Crippen molar-refractivity contribution in [1.82, 2.24) is 10.3 Å². The molecule has 0 radical (unpaired) electrons. The van der Waals surface area contributed by atoms with Crippen molar-refractivity contribution in [2.75, 3.05) is 0 Å². The van der Waals surface area contributed by atoms with E-state index in [1.54, 1.807) is 0 Å². The topological polar surface area (TPSA) is 42.0 Å². The van der Waals surface area contributed by atoms with Crippen molar-refractivity contribution >= 4 is 17.5 Å². The van der Waals surface area contributed by atoms with Gasteiger partial charge in [-0.2, -0.15) is 0 Å². The Balaban J connectivity index is 2.11. The van der Waals surface area contributed by atoms with Gasteiger partial charge >= 0.3 is 0 Å². The van der Waals surface area contributed by atoms with E-state index in [0.29, 0.717) is 0 Å². The van der Waals surface area contributed by atoms with Crippen LogP contribution in [0.25, 0.3) is 0 Å². The number of halogens is 2. The van der Waals surface area contributed by atoms with E-state index < -0.39 is 5.82 Å². The maximum absolute atomic E-state index is 13.1. The number of rotatable bonds is 2. The van der Waals surface area contributed by atoms with Crippen LogP contribution in [0.4, 0.5) is 4.39 Å². The molecule has 5 heteroatoms. The molecule has 0 saturated heterocycles. The number of hydrogen-bond donors (Lipinski definition) is 1. The molecule has 0 bridgehead atoms. The van der Waals surface area contributed by atoms with E-state index in [1.807, 2.05) is 6.92 Å². The summed E-state index contributed by atoms with van der Waals surface area (Å²) >= 11 is 5.44. The van der Waals surface area contributed by atoms with Crippen LogP contribution in [-0.4, -0.2) is 16.4 Å². The van der Waals surface area contributed by atoms with Crippen molar-refractivity contribution in [3.8, 4) is 0 Å². The van der Waals surface area contributed by atoms with Gasteiger partial charge in [0.25, 0.3) is 5.91 Å². The standard InChI is InChI=1S/C11H12ClFN2O/c1-11(3-2-4-11)15-10(16)7-5-8(13)9(12)14-6-7/h5-6H,2-4H2,1H3,(H,15,16). The summed E-state index contributed by atoms with van der Waals surface area (Å²) in [6.45, 7) is 1.98. The molecule has 1 amide bonds. The van der Waals surface area contributed by atoms with Crippen molar-refractivity contribution in [3.63, 3.8) is 0 Å². The van der Waals surface area contributed by atoms with E-state index in [2.05, 4.69) is 10.3 Å². The molecular weight excluding hydrogens is 231 g/mol. The van der Waals surface area contributed by atoms with Crippen molar-refractivity contribution in [2.45, 2.75) is 31.7 Å². The van der Waals surface area contributed by atoms with Gasteiger partial charge in [-0.05, 0) is 32.3 Å². The molecule has 86 valence electrons. The first-order valence-electron chi connectivity index (χ1n) is 5.14. The van der Waals surface area contributed by atoms with Crippen LogP contribution in [0.15, 0.2) is 12.3 Å². The normalized spacial score (nSPS) is 17.7. The zero-order chi connectivity index (χ0) is 11.8. The number of carbonyl (C=O) groups excluding carboxylic acids is 1. The first-order chi connectivity index (χ1) is 7.50. The average Bonchev–Trinajstić information content (AvgIpc) is 2.19. The third kappa shape index (κ3) is 2.16. The Morgan fingerprint density at radius 1 is 1.62 bits per heavy atom. The van der Waals surface area contributed by atoms with Gasteiger partial charge in [-0.1, -0.05) is 11.6 Å². The third-order valence-corrected chi connectivity index (χ3v) is 3.21. The van der Waals surface area contributed by atoms with Gasteiger partial charge in [-0.3, -0.25) is 4.79 Å². The number of hydrogen-bond acceptors (Lipinski definition) is 2. The lowest BCUT2D eigenvalue weighted by molar-refractivity contribution is 0.0849. The van der Waals surface area contributed by atoms with Gasteiger partial charge in [0.1, 0.15) is 0 Å². The van der Waals surface area contributed by atoms with Crippen LogP contribution in [0.1, 0.15) is 36.5 Å². The van der Waals surface area contributed by atoms with Gasteiger partial charge in [-0.25, -0.2) is 9.37 Å². The summed E-state index contributed by atoms with van der Waals surface area (Å²) in [6.07, 6.45) is 4.32. The Bertz CT molecular complexity index is 432. The Hall–Kier alpha value is -1.16. The molecule has 1 aromatic rings. The van der Waals surface area contributed by atoms with Crippen molar-refractivity contribution in [2.24, 2.45) is 0 Å². The lowest BCUT2D eigenvalue weighted by atomic mass is 9.78. The molecule has 1 aliphatic rings. The predicted molar refractivity (Wildman–Crippen MR) is 58.9 cm³/mol. The highest BCUT2D eigenvalue weighted by atomic mass is 35.5. The number of amides is 1. The van der Waals surface area contributed by atoms with Crippen LogP contribution >= 0.6 is 11.6 Å². The Morgan fingerprint density at radius 2 is 2.31 bits per heavy atom. The summed E-state index contributed by atoms with van der Waals surface area (Å²) in [4.78, 5) is 15.4. The molecule has 1 fully saturated rings. The molecule has 1 heterocycles. The molecule has 0 unspecified atom stereocenters. The molecule has 1 aromatic heterocycles. The second kappa shape index (κ2) is 4.01. The van der Waals surface area contributed by atoms with Crippen LogP contribution in [0.3, 0.4) is 0 Å². The molecule has 1 N–H and O–H groups in total. The average molecular weight is 243 g/mol. The summed E-state index contributed by atoms with van der Waals surface area (Å²) in [5.74, 6) is -0.974. The number of nitrogens with zero attached hydrogens (tertiary/aromatic N) is 1. The summed E-state index contributed by atoms with van der Waals surface area (Å²) in [7, 11) is 0. The third-order valence-electron chi connectivity index (χ3n) is 2.93. The highest BCUT2D eigenvalue weighted by Gasteiger charge is 2.33. The minimum atomic E-state index is -0.673. The minimum Gasteiger partial charge on any atom is -0.347 e. The Morgan fingerprint density at radius 3 is 2.81 bits per heavy atom. The molecule has 1 aliphatic carbocycles. The fraction of sp³-hybridized carbons (Fsp3) is 0.455. The maximum Gasteiger partial charge on any atom is 0.253 e. The first kappa shape index (κ1) is 11.3. The summed E-state index contributed by atoms with van der Waals surface area (Å²) in [6, 6.07) is 1.10. The SMILES string of the molecule is CC1(NC(=O)c2cnc(Cl)c(F)c2)CCC1. The molecular formula is C11H12ClFN2O. The van der Waals surface area contributed by atoms with Crippen LogP contribution < -0.4 is 5.32 Å². The highest BCUT2D eigenvalue weighted by Crippen LogP contribution is 2.31. The van der Waals surface area contributed by atoms with Gasteiger partial charge in [0.2, 0.25) is 0 Å². The zero-order valence-electron chi connectivity index (χ0n) is 8.89. The van der Waals surface area contributed by atoms with Crippen LogP contribution in [0.5, 0.6) is 0 Å². The van der Waals surface area contributed by atoms with Gasteiger partial charge in [-0.15, -0.1) is 0 Å². The monoisotopic (exact) mass is 242 g/mol. The van der Waals surface area contributed by atoms with E-state index in [0.717, 1.165) is 25.3 Å². The summed E-state index contributed by atoms with van der Waals surface area (Å²) < 4.78 is 13.1. The van der Waals surface area contributed by atoms with E-state index in [9.17, 15) is 9.18 Å². The number of carbonyl (C=O) groups is 1. The van der Waals surface area contributed by atoms with E-state index in [-0.39, 0.29) is 22.2 Å². The zero-order valence-corrected chi connectivity index (χ0v) is 9.64. The molecule has 16 heavy (non-hydrogen) atoms. The molecule has 0 atom stereocenters. The number of pyridine rings is 1. The fourth-order valence-corrected chi connectivity index (χ4v) is 1.83. The molecule has 0 spiro atoms. The van der Waals surface area contributed by atoms with Crippen molar-refractivity contribution in [1.29, 1.82) is 0 Å². The van der Waals surface area contributed by atoms with Crippen LogP contribution in [0.2, 0.25) is 5.15 Å². The first-order valence-corrected chi connectivity index (χ1v) is 5.51. The van der Waals surface area contributed by atoms with Gasteiger partial charge in [0.15, 0.2) is 11.0 Å².